The number of halogens is 2. The Hall–Kier alpha value is -3.71. The second-order valence-electron chi connectivity index (χ2n) is 8.59. The molecule has 1 aliphatic carbocycles. The average molecular weight is 548 g/mol. The molecule has 1 heterocycles. The second kappa shape index (κ2) is 9.74. The minimum atomic E-state index is -0.609. The minimum absolute atomic E-state index is 0.111. The molecular formula is C29H23BrFNO4. The molecule has 0 aromatic heterocycles. The average Bonchev–Trinajstić information content (AvgIpc) is 3.15. The number of allylic oxidation sites excluding steroid dienone is 2. The molecule has 1 aliphatic heterocycles. The van der Waals surface area contributed by atoms with Gasteiger partial charge in [-0.15, -0.1) is 0 Å². The van der Waals surface area contributed by atoms with E-state index in [2.05, 4.69) is 21.2 Å². The summed E-state index contributed by atoms with van der Waals surface area (Å²) in [6.45, 7) is 4.07. The Balaban J connectivity index is 1.53. The number of carbonyl (C=O) groups is 2. The van der Waals surface area contributed by atoms with Gasteiger partial charge < -0.3 is 14.8 Å². The molecule has 1 N–H and O–H groups in total. The lowest BCUT2D eigenvalue weighted by atomic mass is 9.80. The SMILES string of the molecule is CCOC(=O)C1=C(C)NC2=C(C(=O)c3ccccc32)[C@H]1c1ccc(OCc2ccc(F)cc2)c(Br)c1. The van der Waals surface area contributed by atoms with E-state index < -0.39 is 11.9 Å². The van der Waals surface area contributed by atoms with Crippen molar-refractivity contribution in [3.05, 3.63) is 116 Å². The van der Waals surface area contributed by atoms with Crippen molar-refractivity contribution in [3.63, 3.8) is 0 Å². The van der Waals surface area contributed by atoms with Gasteiger partial charge in [-0.1, -0.05) is 42.5 Å². The van der Waals surface area contributed by atoms with Crippen LogP contribution in [0.1, 0.15) is 46.8 Å². The maximum Gasteiger partial charge on any atom is 0.336 e. The van der Waals surface area contributed by atoms with Crippen LogP contribution in [-0.2, 0) is 16.1 Å². The molecule has 3 aromatic rings. The fourth-order valence-electron chi connectivity index (χ4n) is 4.70. The normalized spacial score (nSPS) is 16.4. The smallest absolute Gasteiger partial charge is 0.336 e. The molecule has 0 radical (unpaired) electrons. The maximum absolute atomic E-state index is 13.5. The van der Waals surface area contributed by atoms with Gasteiger partial charge >= 0.3 is 5.97 Å². The molecule has 0 unspecified atom stereocenters. The fraction of sp³-hybridized carbons (Fsp3) is 0.172. The van der Waals surface area contributed by atoms with Crippen LogP contribution >= 0.6 is 15.9 Å². The van der Waals surface area contributed by atoms with Crippen molar-refractivity contribution in [2.45, 2.75) is 26.4 Å². The zero-order chi connectivity index (χ0) is 25.4. The summed E-state index contributed by atoms with van der Waals surface area (Å²) in [6.07, 6.45) is 0. The van der Waals surface area contributed by atoms with Gasteiger partial charge in [-0.05, 0) is 65.2 Å². The number of hydrogen-bond donors (Lipinski definition) is 1. The van der Waals surface area contributed by atoms with Crippen LogP contribution in [0.5, 0.6) is 5.75 Å². The van der Waals surface area contributed by atoms with E-state index in [4.69, 9.17) is 9.47 Å². The van der Waals surface area contributed by atoms with E-state index in [-0.39, 0.29) is 24.8 Å². The predicted octanol–water partition coefficient (Wildman–Crippen LogP) is 6.30. The molecule has 0 saturated heterocycles. The van der Waals surface area contributed by atoms with Crippen LogP contribution in [0.15, 0.2) is 88.0 Å². The first-order chi connectivity index (χ1) is 17.4. The van der Waals surface area contributed by atoms with Gasteiger partial charge in [-0.2, -0.15) is 0 Å². The molecule has 0 fully saturated rings. The van der Waals surface area contributed by atoms with Gasteiger partial charge in [0.2, 0.25) is 0 Å². The van der Waals surface area contributed by atoms with Crippen molar-refractivity contribution in [3.8, 4) is 5.75 Å². The lowest BCUT2D eigenvalue weighted by Crippen LogP contribution is -2.29. The lowest BCUT2D eigenvalue weighted by molar-refractivity contribution is -0.138. The summed E-state index contributed by atoms with van der Waals surface area (Å²) in [7, 11) is 0. The zero-order valence-corrected chi connectivity index (χ0v) is 21.3. The van der Waals surface area contributed by atoms with Gasteiger partial charge in [0.05, 0.1) is 22.3 Å². The number of esters is 1. The maximum atomic E-state index is 13.5. The third-order valence-corrected chi connectivity index (χ3v) is 6.96. The zero-order valence-electron chi connectivity index (χ0n) is 19.7. The minimum Gasteiger partial charge on any atom is -0.488 e. The van der Waals surface area contributed by atoms with Crippen molar-refractivity contribution in [2.24, 2.45) is 0 Å². The van der Waals surface area contributed by atoms with Gasteiger partial charge in [0.15, 0.2) is 5.78 Å². The molecule has 0 bridgehead atoms. The molecular weight excluding hydrogens is 525 g/mol. The largest absolute Gasteiger partial charge is 0.488 e. The molecule has 5 nitrogen and oxygen atoms in total. The van der Waals surface area contributed by atoms with Gasteiger partial charge in [-0.3, -0.25) is 4.79 Å². The Bertz CT molecular complexity index is 1440. The Kier molecular flexibility index (Phi) is 6.49. The first-order valence-corrected chi connectivity index (χ1v) is 12.4. The highest BCUT2D eigenvalue weighted by molar-refractivity contribution is 9.10. The van der Waals surface area contributed by atoms with E-state index in [1.54, 1.807) is 31.2 Å². The third kappa shape index (κ3) is 4.24. The van der Waals surface area contributed by atoms with Gasteiger partial charge in [0.1, 0.15) is 18.2 Å². The number of rotatable bonds is 6. The molecule has 0 saturated carbocycles. The van der Waals surface area contributed by atoms with E-state index in [0.717, 1.165) is 22.4 Å². The van der Waals surface area contributed by atoms with E-state index in [9.17, 15) is 14.0 Å². The quantitative estimate of drug-likeness (QED) is 0.367. The van der Waals surface area contributed by atoms with E-state index in [1.807, 2.05) is 37.3 Å². The van der Waals surface area contributed by atoms with Crippen molar-refractivity contribution in [1.82, 2.24) is 5.32 Å². The fourth-order valence-corrected chi connectivity index (χ4v) is 5.21. The van der Waals surface area contributed by atoms with Gasteiger partial charge in [-0.25, -0.2) is 9.18 Å². The van der Waals surface area contributed by atoms with Crippen LogP contribution in [0.2, 0.25) is 0 Å². The molecule has 0 spiro atoms. The van der Waals surface area contributed by atoms with Crippen LogP contribution in [0.3, 0.4) is 0 Å². The van der Waals surface area contributed by atoms with Crippen molar-refractivity contribution < 1.29 is 23.5 Å². The number of carbonyl (C=O) groups excluding carboxylic acids is 2. The van der Waals surface area contributed by atoms with E-state index in [0.29, 0.717) is 32.6 Å². The monoisotopic (exact) mass is 547 g/mol. The highest BCUT2D eigenvalue weighted by Crippen LogP contribution is 2.47. The summed E-state index contributed by atoms with van der Waals surface area (Å²) in [6, 6.07) is 19.1. The molecule has 5 rings (SSSR count). The van der Waals surface area contributed by atoms with Crippen LogP contribution in [0, 0.1) is 5.82 Å². The lowest BCUT2D eigenvalue weighted by Gasteiger charge is -2.29. The number of dihydropyridines is 1. The first-order valence-electron chi connectivity index (χ1n) is 11.6. The van der Waals surface area contributed by atoms with Crippen molar-refractivity contribution >= 4 is 33.4 Å². The number of hydrogen-bond acceptors (Lipinski definition) is 5. The van der Waals surface area contributed by atoms with Crippen LogP contribution in [-0.4, -0.2) is 18.4 Å². The summed E-state index contributed by atoms with van der Waals surface area (Å²) in [5.41, 5.74) is 5.32. The molecule has 2 aliphatic rings. The van der Waals surface area contributed by atoms with E-state index >= 15 is 0 Å². The van der Waals surface area contributed by atoms with Gasteiger partial charge in [0.25, 0.3) is 0 Å². The second-order valence-corrected chi connectivity index (χ2v) is 9.44. The van der Waals surface area contributed by atoms with E-state index in [1.165, 1.54) is 12.1 Å². The van der Waals surface area contributed by atoms with Crippen molar-refractivity contribution in [1.29, 1.82) is 0 Å². The highest BCUT2D eigenvalue weighted by atomic mass is 79.9. The van der Waals surface area contributed by atoms with Crippen LogP contribution < -0.4 is 10.1 Å². The Morgan fingerprint density at radius 3 is 2.47 bits per heavy atom. The number of Topliss-reactive ketones (excluding diaryl/α,β-unsaturated/α-hetero) is 1. The number of benzene rings is 3. The van der Waals surface area contributed by atoms with Crippen LogP contribution in [0.4, 0.5) is 4.39 Å². The Labute approximate surface area is 216 Å². The molecule has 1 atom stereocenters. The molecule has 7 heteroatoms. The standard InChI is InChI=1S/C29H23BrFNO4/c1-3-35-29(34)24-16(2)32-27-20-6-4-5-7-21(20)28(33)26(27)25(24)18-10-13-23(22(30)14-18)36-15-17-8-11-19(31)12-9-17/h4-14,25,32H,3,15H2,1-2H3/t25-/m0/s1. The third-order valence-electron chi connectivity index (χ3n) is 6.34. The molecule has 182 valence electrons. The molecule has 3 aromatic carbocycles. The number of fused-ring (bicyclic) bond motifs is 2. The van der Waals surface area contributed by atoms with Crippen LogP contribution in [0.25, 0.3) is 5.70 Å². The summed E-state index contributed by atoms with van der Waals surface area (Å²) >= 11 is 3.58. The number of ketones is 1. The first kappa shape index (κ1) is 24.0. The summed E-state index contributed by atoms with van der Waals surface area (Å²) in [4.78, 5) is 26.6. The predicted molar refractivity (Wildman–Crippen MR) is 138 cm³/mol. The summed E-state index contributed by atoms with van der Waals surface area (Å²) in [5, 5.41) is 3.30. The highest BCUT2D eigenvalue weighted by Gasteiger charge is 2.43. The topological polar surface area (TPSA) is 64.6 Å². The summed E-state index contributed by atoms with van der Waals surface area (Å²) in [5.74, 6) is -0.895. The van der Waals surface area contributed by atoms with Gasteiger partial charge in [0, 0.05) is 28.3 Å². The Morgan fingerprint density at radius 2 is 1.78 bits per heavy atom. The summed E-state index contributed by atoms with van der Waals surface area (Å²) < 4.78 is 25.2. The Morgan fingerprint density at radius 1 is 1.06 bits per heavy atom. The van der Waals surface area contributed by atoms with Crippen molar-refractivity contribution in [2.75, 3.05) is 6.61 Å². The molecule has 36 heavy (non-hydrogen) atoms. The number of nitrogens with one attached hydrogen (secondary N) is 1. The molecule has 0 amide bonds. The number of ether oxygens (including phenoxy) is 2.